The van der Waals surface area contributed by atoms with Crippen molar-refractivity contribution in [1.29, 1.82) is 0 Å². The maximum atomic E-state index is 13.9. The van der Waals surface area contributed by atoms with Crippen LogP contribution in [-0.4, -0.2) is 44.4 Å². The zero-order valence-corrected chi connectivity index (χ0v) is 19.3. The van der Waals surface area contributed by atoms with Crippen LogP contribution < -0.4 is 5.32 Å². The van der Waals surface area contributed by atoms with Gasteiger partial charge < -0.3 is 20.3 Å². The van der Waals surface area contributed by atoms with E-state index in [0.717, 1.165) is 47.0 Å². The van der Waals surface area contributed by atoms with Crippen molar-refractivity contribution in [2.45, 2.75) is 76.3 Å². The number of phenolic OH excluding ortho intramolecular Hbond substituents is 1. The number of hydrogen-bond donors (Lipinski definition) is 3. The Morgan fingerprint density at radius 2 is 2.06 bits per heavy atom. The van der Waals surface area contributed by atoms with Gasteiger partial charge in [-0.15, -0.1) is 0 Å². The Morgan fingerprint density at radius 3 is 2.81 bits per heavy atom. The fourth-order valence-electron chi connectivity index (χ4n) is 7.26. The Kier molecular flexibility index (Phi) is 3.71. The van der Waals surface area contributed by atoms with Crippen LogP contribution in [0.3, 0.4) is 0 Å². The molecule has 4 saturated heterocycles. The molecule has 1 aliphatic carbocycles. The van der Waals surface area contributed by atoms with Gasteiger partial charge in [0.05, 0.1) is 5.52 Å². The van der Waals surface area contributed by atoms with Gasteiger partial charge in [0.2, 0.25) is 11.8 Å². The van der Waals surface area contributed by atoms with Crippen LogP contribution in [0.4, 0.5) is 0 Å². The average Bonchev–Trinajstić information content (AvgIpc) is 3.32. The number of piperidine rings is 2. The monoisotopic (exact) mass is 433 g/mol. The SMILES string of the molecule is CC(C)=CCc1c(O)ccc2c3c([nH]c12)C(C)(C)[C@H]1C[C@@]24CCCN2C(=O)[C@]1(C3)NC4=O. The van der Waals surface area contributed by atoms with Crippen LogP contribution in [0.1, 0.15) is 63.8 Å². The maximum Gasteiger partial charge on any atom is 0.249 e. The first-order valence-corrected chi connectivity index (χ1v) is 11.8. The summed E-state index contributed by atoms with van der Waals surface area (Å²) in [4.78, 5) is 32.7. The summed E-state index contributed by atoms with van der Waals surface area (Å²) in [6.45, 7) is 9.21. The second kappa shape index (κ2) is 5.97. The van der Waals surface area contributed by atoms with E-state index in [4.69, 9.17) is 0 Å². The number of aromatic amines is 1. The zero-order chi connectivity index (χ0) is 22.6. The van der Waals surface area contributed by atoms with Gasteiger partial charge in [0.1, 0.15) is 16.8 Å². The molecule has 0 unspecified atom stereocenters. The van der Waals surface area contributed by atoms with Gasteiger partial charge in [0.15, 0.2) is 0 Å². The molecule has 0 saturated carbocycles. The number of hydrogen-bond acceptors (Lipinski definition) is 3. The Bertz CT molecular complexity index is 1230. The van der Waals surface area contributed by atoms with Crippen molar-refractivity contribution in [1.82, 2.24) is 15.2 Å². The third-order valence-corrected chi connectivity index (χ3v) is 8.86. The summed E-state index contributed by atoms with van der Waals surface area (Å²) in [6, 6.07) is 3.71. The molecule has 2 amide bonds. The number of nitrogens with one attached hydrogen (secondary N) is 2. The lowest BCUT2D eigenvalue weighted by Gasteiger charge is -2.64. The lowest BCUT2D eigenvalue weighted by Crippen LogP contribution is -2.84. The molecular weight excluding hydrogens is 402 g/mol. The number of aromatic nitrogens is 1. The van der Waals surface area contributed by atoms with Crippen molar-refractivity contribution in [3.8, 4) is 5.75 Å². The van der Waals surface area contributed by atoms with Gasteiger partial charge in [-0.1, -0.05) is 25.5 Å². The molecule has 7 rings (SSSR count). The van der Waals surface area contributed by atoms with E-state index in [2.05, 4.69) is 44.1 Å². The minimum Gasteiger partial charge on any atom is -0.508 e. The standard InChI is InChI=1S/C26H31N3O3/c1-14(2)6-7-16-18(30)9-8-15-17-12-26-19(24(3,4)21(17)27-20(15)16)13-25(22(31)28-26)10-5-11-29(25)23(26)32/h6,8-9,19,27,30H,5,7,10-13H2,1-4H3,(H,28,31)/t19-,25-,26-/m1/s1. The number of piperazine rings is 1. The molecule has 6 heteroatoms. The average molecular weight is 434 g/mol. The highest BCUT2D eigenvalue weighted by atomic mass is 16.3. The summed E-state index contributed by atoms with van der Waals surface area (Å²) >= 11 is 0. The number of phenols is 1. The van der Waals surface area contributed by atoms with Crippen molar-refractivity contribution in [2.24, 2.45) is 5.92 Å². The van der Waals surface area contributed by atoms with Gasteiger partial charge >= 0.3 is 0 Å². The van der Waals surface area contributed by atoms with Gasteiger partial charge in [-0.05, 0) is 57.2 Å². The first-order chi connectivity index (χ1) is 15.1. The molecule has 2 bridgehead atoms. The highest BCUT2D eigenvalue weighted by Crippen LogP contribution is 2.59. The normalized spacial score (nSPS) is 31.9. The van der Waals surface area contributed by atoms with Crippen LogP contribution >= 0.6 is 0 Å². The number of rotatable bonds is 2. The van der Waals surface area contributed by atoms with Gasteiger partial charge in [0.25, 0.3) is 0 Å². The second-order valence-corrected chi connectivity index (χ2v) is 11.1. The topological polar surface area (TPSA) is 85.4 Å². The molecule has 168 valence electrons. The molecular formula is C26H31N3O3. The number of amides is 2. The van der Waals surface area contributed by atoms with Crippen LogP contribution in [0.25, 0.3) is 10.9 Å². The number of allylic oxidation sites excluding steroid dienone is 2. The van der Waals surface area contributed by atoms with Gasteiger partial charge in [-0.25, -0.2) is 0 Å². The molecule has 6 nitrogen and oxygen atoms in total. The largest absolute Gasteiger partial charge is 0.508 e. The highest BCUT2D eigenvalue weighted by molar-refractivity contribution is 6.06. The predicted octanol–water partition coefficient (Wildman–Crippen LogP) is 3.47. The fourth-order valence-corrected chi connectivity index (χ4v) is 7.26. The van der Waals surface area contributed by atoms with Crippen LogP contribution in [0.5, 0.6) is 5.75 Å². The Hall–Kier alpha value is -2.76. The molecule has 1 aromatic heterocycles. The fraction of sp³-hybridized carbons (Fsp3) is 0.538. The van der Waals surface area contributed by atoms with Crippen LogP contribution in [0.2, 0.25) is 0 Å². The molecule has 32 heavy (non-hydrogen) atoms. The quantitative estimate of drug-likeness (QED) is 0.634. The molecule has 4 fully saturated rings. The molecule has 3 N–H and O–H groups in total. The maximum absolute atomic E-state index is 13.9. The summed E-state index contributed by atoms with van der Waals surface area (Å²) in [5.41, 5.74) is 3.40. The van der Waals surface area contributed by atoms with E-state index in [1.807, 2.05) is 11.0 Å². The number of fused-ring (bicyclic) bond motifs is 4. The number of nitrogens with zero attached hydrogens (tertiary/aromatic N) is 1. The van der Waals surface area contributed by atoms with Crippen molar-refractivity contribution in [3.05, 3.63) is 40.6 Å². The van der Waals surface area contributed by atoms with Crippen LogP contribution in [0, 0.1) is 5.92 Å². The molecule has 2 spiro atoms. The van der Waals surface area contributed by atoms with E-state index in [1.165, 1.54) is 5.57 Å². The molecule has 2 aromatic rings. The third-order valence-electron chi connectivity index (χ3n) is 8.86. The van der Waals surface area contributed by atoms with E-state index in [9.17, 15) is 14.7 Å². The van der Waals surface area contributed by atoms with E-state index in [0.29, 0.717) is 19.4 Å². The van der Waals surface area contributed by atoms with Crippen molar-refractivity contribution >= 4 is 22.7 Å². The Labute approximate surface area is 188 Å². The predicted molar refractivity (Wildman–Crippen MR) is 122 cm³/mol. The molecule has 0 radical (unpaired) electrons. The van der Waals surface area contributed by atoms with Gasteiger partial charge in [0, 0.05) is 40.9 Å². The molecule has 1 aromatic carbocycles. The summed E-state index contributed by atoms with van der Waals surface area (Å²) in [5, 5.41) is 14.9. The number of aromatic hydroxyl groups is 1. The summed E-state index contributed by atoms with van der Waals surface area (Å²) in [7, 11) is 0. The molecule has 3 atom stereocenters. The molecule has 5 heterocycles. The molecule has 4 aliphatic heterocycles. The minimum absolute atomic E-state index is 0.0324. The number of benzene rings is 1. The summed E-state index contributed by atoms with van der Waals surface area (Å²) < 4.78 is 0. The third kappa shape index (κ3) is 2.16. The number of carbonyl (C=O) groups excluding carboxylic acids is 2. The highest BCUT2D eigenvalue weighted by Gasteiger charge is 2.72. The molecule has 5 aliphatic rings. The second-order valence-electron chi connectivity index (χ2n) is 11.1. The first-order valence-electron chi connectivity index (χ1n) is 11.8. The number of carbonyl (C=O) groups is 2. The first kappa shape index (κ1) is 19.9. The van der Waals surface area contributed by atoms with Crippen LogP contribution in [0.15, 0.2) is 23.8 Å². The lowest BCUT2D eigenvalue weighted by atomic mass is 9.51. The van der Waals surface area contributed by atoms with E-state index in [-0.39, 0.29) is 28.9 Å². The lowest BCUT2D eigenvalue weighted by molar-refractivity contribution is -0.179. The van der Waals surface area contributed by atoms with E-state index >= 15 is 0 Å². The van der Waals surface area contributed by atoms with Crippen LogP contribution in [-0.2, 0) is 27.8 Å². The summed E-state index contributed by atoms with van der Waals surface area (Å²) in [5.74, 6) is 0.450. The Balaban J connectivity index is 1.57. The van der Waals surface area contributed by atoms with Crippen molar-refractivity contribution in [3.63, 3.8) is 0 Å². The van der Waals surface area contributed by atoms with Gasteiger partial charge in [-0.3, -0.25) is 9.59 Å². The van der Waals surface area contributed by atoms with Gasteiger partial charge in [-0.2, -0.15) is 0 Å². The van der Waals surface area contributed by atoms with E-state index in [1.54, 1.807) is 6.07 Å². The van der Waals surface area contributed by atoms with Crippen molar-refractivity contribution in [2.75, 3.05) is 6.54 Å². The smallest absolute Gasteiger partial charge is 0.249 e. The Morgan fingerprint density at radius 1 is 1.28 bits per heavy atom. The number of H-pyrrole nitrogens is 1. The van der Waals surface area contributed by atoms with E-state index < -0.39 is 11.1 Å². The van der Waals surface area contributed by atoms with Crippen molar-refractivity contribution < 1.29 is 14.7 Å². The zero-order valence-electron chi connectivity index (χ0n) is 19.3. The summed E-state index contributed by atoms with van der Waals surface area (Å²) in [6.07, 6.45) is 5.64. The minimum atomic E-state index is -0.882.